The Morgan fingerprint density at radius 2 is 2.38 bits per heavy atom. The first-order valence-electron chi connectivity index (χ1n) is 5.33. The second kappa shape index (κ2) is 6.52. The Bertz CT molecular complexity index is 341. The van der Waals surface area contributed by atoms with Gasteiger partial charge in [-0.25, -0.2) is 4.98 Å². The van der Waals surface area contributed by atoms with Crippen LogP contribution in [0.1, 0.15) is 32.5 Å². The van der Waals surface area contributed by atoms with Crippen LogP contribution in [0, 0.1) is 0 Å². The largest absolute Gasteiger partial charge is 0.468 e. The first-order valence-corrected chi connectivity index (χ1v) is 6.21. The van der Waals surface area contributed by atoms with Crippen LogP contribution in [0.4, 0.5) is 0 Å². The fraction of sp³-hybridized carbons (Fsp3) is 0.700. The van der Waals surface area contributed by atoms with Crippen LogP contribution in [-0.4, -0.2) is 33.5 Å². The van der Waals surface area contributed by atoms with Gasteiger partial charge in [-0.2, -0.15) is 0 Å². The van der Waals surface area contributed by atoms with E-state index in [2.05, 4.69) is 26.8 Å². The van der Waals surface area contributed by atoms with Crippen molar-refractivity contribution in [2.75, 3.05) is 7.11 Å². The summed E-state index contributed by atoms with van der Waals surface area (Å²) in [6, 6.07) is 0. The number of unbranched alkanes of at least 4 members (excludes halogenated alkanes) is 1. The van der Waals surface area contributed by atoms with Crippen LogP contribution in [-0.2, 0) is 16.0 Å². The highest BCUT2D eigenvalue weighted by molar-refractivity contribution is 8.00. The molecule has 1 aromatic rings. The van der Waals surface area contributed by atoms with Crippen molar-refractivity contribution in [2.24, 2.45) is 0 Å². The first-order chi connectivity index (χ1) is 7.67. The zero-order chi connectivity index (χ0) is 12.0. The molecule has 1 N–H and O–H groups in total. The number of aryl methyl sites for hydroxylation is 1. The number of carbonyl (C=O) groups is 1. The monoisotopic (exact) mass is 243 g/mol. The van der Waals surface area contributed by atoms with Crippen LogP contribution in [0.25, 0.3) is 0 Å². The molecular formula is C10H17N3O2S. The van der Waals surface area contributed by atoms with Crippen molar-refractivity contribution in [3.8, 4) is 0 Å². The molecule has 0 aromatic carbocycles. The molecule has 1 atom stereocenters. The number of nitrogens with zero attached hydrogens (tertiary/aromatic N) is 2. The lowest BCUT2D eigenvalue weighted by Crippen LogP contribution is -2.14. The average Bonchev–Trinajstić information content (AvgIpc) is 2.72. The van der Waals surface area contributed by atoms with E-state index in [1.54, 1.807) is 6.92 Å². The summed E-state index contributed by atoms with van der Waals surface area (Å²) in [5.41, 5.74) is 0. The lowest BCUT2D eigenvalue weighted by atomic mass is 10.2. The molecule has 5 nitrogen and oxygen atoms in total. The van der Waals surface area contributed by atoms with Gasteiger partial charge >= 0.3 is 5.97 Å². The van der Waals surface area contributed by atoms with Crippen molar-refractivity contribution in [1.82, 2.24) is 15.2 Å². The van der Waals surface area contributed by atoms with Gasteiger partial charge in [-0.3, -0.25) is 9.89 Å². The van der Waals surface area contributed by atoms with E-state index in [1.165, 1.54) is 18.9 Å². The second-order valence-electron chi connectivity index (χ2n) is 3.45. The molecule has 1 aromatic heterocycles. The van der Waals surface area contributed by atoms with Crippen LogP contribution in [0.2, 0.25) is 0 Å². The molecule has 0 saturated heterocycles. The van der Waals surface area contributed by atoms with Crippen LogP contribution < -0.4 is 0 Å². The van der Waals surface area contributed by atoms with E-state index in [-0.39, 0.29) is 11.2 Å². The van der Waals surface area contributed by atoms with Crippen LogP contribution in [0.5, 0.6) is 0 Å². The SMILES string of the molecule is CCCCc1nc(SC(C)C(=O)OC)n[nH]1. The highest BCUT2D eigenvalue weighted by Crippen LogP contribution is 2.20. The number of H-pyrrole nitrogens is 1. The topological polar surface area (TPSA) is 67.9 Å². The molecule has 6 heteroatoms. The molecule has 90 valence electrons. The van der Waals surface area contributed by atoms with Crippen molar-refractivity contribution in [3.05, 3.63) is 5.82 Å². The van der Waals surface area contributed by atoms with Crippen molar-refractivity contribution < 1.29 is 9.53 Å². The zero-order valence-corrected chi connectivity index (χ0v) is 10.6. The fourth-order valence-corrected chi connectivity index (χ4v) is 1.93. The zero-order valence-electron chi connectivity index (χ0n) is 9.82. The summed E-state index contributed by atoms with van der Waals surface area (Å²) in [7, 11) is 1.38. The number of aromatic nitrogens is 3. The van der Waals surface area contributed by atoms with Crippen molar-refractivity contribution in [2.45, 2.75) is 43.5 Å². The third kappa shape index (κ3) is 3.84. The van der Waals surface area contributed by atoms with Gasteiger partial charge in [-0.05, 0) is 13.3 Å². The minimum atomic E-state index is -0.278. The molecule has 0 saturated carbocycles. The number of ether oxygens (including phenoxy) is 1. The molecule has 16 heavy (non-hydrogen) atoms. The minimum absolute atomic E-state index is 0.259. The number of methoxy groups -OCH3 is 1. The molecule has 1 heterocycles. The molecule has 1 unspecified atom stereocenters. The van der Waals surface area contributed by atoms with E-state index in [0.717, 1.165) is 25.1 Å². The first kappa shape index (κ1) is 13.0. The predicted molar refractivity (Wildman–Crippen MR) is 62.3 cm³/mol. The summed E-state index contributed by atoms with van der Waals surface area (Å²) < 4.78 is 4.63. The van der Waals surface area contributed by atoms with E-state index in [1.807, 2.05) is 0 Å². The van der Waals surface area contributed by atoms with Crippen molar-refractivity contribution in [1.29, 1.82) is 0 Å². The van der Waals surface area contributed by atoms with Gasteiger partial charge in [0.15, 0.2) is 0 Å². The van der Waals surface area contributed by atoms with Crippen molar-refractivity contribution in [3.63, 3.8) is 0 Å². The van der Waals surface area contributed by atoms with Crippen LogP contribution in [0.15, 0.2) is 5.16 Å². The molecular weight excluding hydrogens is 226 g/mol. The summed E-state index contributed by atoms with van der Waals surface area (Å²) in [6.07, 6.45) is 3.12. The van der Waals surface area contributed by atoms with Gasteiger partial charge < -0.3 is 4.74 Å². The Morgan fingerprint density at radius 3 is 3.00 bits per heavy atom. The summed E-state index contributed by atoms with van der Waals surface area (Å²) >= 11 is 1.30. The Balaban J connectivity index is 2.48. The van der Waals surface area contributed by atoms with Crippen LogP contribution >= 0.6 is 11.8 Å². The molecule has 0 fully saturated rings. The van der Waals surface area contributed by atoms with Gasteiger partial charge in [0.1, 0.15) is 11.1 Å². The van der Waals surface area contributed by atoms with Gasteiger partial charge in [0.25, 0.3) is 0 Å². The molecule has 1 rings (SSSR count). The Labute approximate surface area is 99.4 Å². The van der Waals surface area contributed by atoms with Crippen LogP contribution in [0.3, 0.4) is 0 Å². The Hall–Kier alpha value is -1.04. The number of hydrogen-bond donors (Lipinski definition) is 1. The van der Waals surface area contributed by atoms with E-state index >= 15 is 0 Å². The number of carbonyl (C=O) groups excluding carboxylic acids is 1. The van der Waals surface area contributed by atoms with Gasteiger partial charge in [0.05, 0.1) is 7.11 Å². The lowest BCUT2D eigenvalue weighted by Gasteiger charge is -2.04. The summed E-state index contributed by atoms with van der Waals surface area (Å²) in [5.74, 6) is 0.617. The molecule has 0 bridgehead atoms. The molecule has 0 aliphatic rings. The minimum Gasteiger partial charge on any atom is -0.468 e. The highest BCUT2D eigenvalue weighted by atomic mass is 32.2. The molecule has 0 aliphatic heterocycles. The number of thioether (sulfide) groups is 1. The number of rotatable bonds is 6. The standard InChI is InChI=1S/C10H17N3O2S/c1-4-5-6-8-11-10(13-12-8)16-7(2)9(14)15-3/h7H,4-6H2,1-3H3,(H,11,12,13). The maximum Gasteiger partial charge on any atom is 0.318 e. The van der Waals surface area contributed by atoms with Gasteiger partial charge in [-0.1, -0.05) is 25.1 Å². The predicted octanol–water partition coefficient (Wildman–Crippen LogP) is 1.80. The highest BCUT2D eigenvalue weighted by Gasteiger charge is 2.17. The molecule has 0 spiro atoms. The Kier molecular flexibility index (Phi) is 5.31. The maximum absolute atomic E-state index is 11.2. The normalized spacial score (nSPS) is 12.4. The fourth-order valence-electron chi connectivity index (χ4n) is 1.16. The molecule has 0 amide bonds. The summed E-state index contributed by atoms with van der Waals surface area (Å²) in [4.78, 5) is 15.5. The molecule has 0 radical (unpaired) electrons. The quantitative estimate of drug-likeness (QED) is 0.609. The average molecular weight is 243 g/mol. The molecule has 0 aliphatic carbocycles. The summed E-state index contributed by atoms with van der Waals surface area (Å²) in [5, 5.41) is 7.24. The van der Waals surface area contributed by atoms with Gasteiger partial charge in [0, 0.05) is 6.42 Å². The smallest absolute Gasteiger partial charge is 0.318 e. The number of esters is 1. The maximum atomic E-state index is 11.2. The third-order valence-electron chi connectivity index (χ3n) is 2.09. The van der Waals surface area contributed by atoms with Crippen molar-refractivity contribution >= 4 is 17.7 Å². The van der Waals surface area contributed by atoms with E-state index in [0.29, 0.717) is 5.16 Å². The number of nitrogens with one attached hydrogen (secondary N) is 1. The van der Waals surface area contributed by atoms with Gasteiger partial charge in [-0.15, -0.1) is 5.10 Å². The Morgan fingerprint density at radius 1 is 1.62 bits per heavy atom. The third-order valence-corrected chi connectivity index (χ3v) is 3.03. The van der Waals surface area contributed by atoms with E-state index < -0.39 is 0 Å². The van der Waals surface area contributed by atoms with Gasteiger partial charge in [0.2, 0.25) is 5.16 Å². The van der Waals surface area contributed by atoms with E-state index in [9.17, 15) is 4.79 Å². The lowest BCUT2D eigenvalue weighted by molar-refractivity contribution is -0.139. The summed E-state index contributed by atoms with van der Waals surface area (Å²) in [6.45, 7) is 3.91. The second-order valence-corrected chi connectivity index (χ2v) is 4.76. The number of hydrogen-bond acceptors (Lipinski definition) is 5. The number of aromatic amines is 1. The van der Waals surface area contributed by atoms with E-state index in [4.69, 9.17) is 0 Å².